The molecule has 2 rings (SSSR count). The van der Waals surface area contributed by atoms with Gasteiger partial charge in [-0.15, -0.1) is 24.0 Å². The van der Waals surface area contributed by atoms with Gasteiger partial charge in [-0.2, -0.15) is 0 Å². The van der Waals surface area contributed by atoms with Crippen molar-refractivity contribution in [2.45, 2.75) is 20.0 Å². The Hall–Kier alpha value is -2.07. The molecule has 166 valence electrons. The second-order valence-corrected chi connectivity index (χ2v) is 6.41. The summed E-state index contributed by atoms with van der Waals surface area (Å²) in [6.45, 7) is 3.47. The second-order valence-electron chi connectivity index (χ2n) is 6.00. The quantitative estimate of drug-likeness (QED) is 0.277. The SMILES string of the molecule is CCOc1c(Cl)cc(CNC(=NC)NCc2ccc(OC)cc2OC)cc1OC.I. The number of aliphatic imine (C=N–C) groups is 1. The first-order valence-corrected chi connectivity index (χ1v) is 9.58. The third-order valence-corrected chi connectivity index (χ3v) is 4.48. The fourth-order valence-corrected chi connectivity index (χ4v) is 3.03. The molecule has 0 fully saturated rings. The van der Waals surface area contributed by atoms with Gasteiger partial charge < -0.3 is 29.6 Å². The second kappa shape index (κ2) is 13.3. The topological polar surface area (TPSA) is 73.3 Å². The van der Waals surface area contributed by atoms with Crippen LogP contribution in [0.5, 0.6) is 23.0 Å². The largest absolute Gasteiger partial charge is 0.497 e. The molecular weight excluding hydrogens is 521 g/mol. The summed E-state index contributed by atoms with van der Waals surface area (Å²) in [4.78, 5) is 4.26. The van der Waals surface area contributed by atoms with Crippen LogP contribution in [0.15, 0.2) is 35.3 Å². The van der Waals surface area contributed by atoms with Crippen molar-refractivity contribution >= 4 is 41.5 Å². The van der Waals surface area contributed by atoms with Gasteiger partial charge in [-0.1, -0.05) is 11.6 Å². The highest BCUT2D eigenvalue weighted by molar-refractivity contribution is 14.0. The van der Waals surface area contributed by atoms with Crippen molar-refractivity contribution in [1.82, 2.24) is 10.6 Å². The van der Waals surface area contributed by atoms with Crippen molar-refractivity contribution < 1.29 is 18.9 Å². The normalized spacial score (nSPS) is 10.7. The summed E-state index contributed by atoms with van der Waals surface area (Å²) in [6, 6.07) is 9.44. The average molecular weight is 550 g/mol. The molecule has 2 N–H and O–H groups in total. The maximum absolute atomic E-state index is 6.34. The number of hydrogen-bond donors (Lipinski definition) is 2. The van der Waals surface area contributed by atoms with Crippen LogP contribution >= 0.6 is 35.6 Å². The predicted molar refractivity (Wildman–Crippen MR) is 131 cm³/mol. The van der Waals surface area contributed by atoms with Crippen molar-refractivity contribution in [2.24, 2.45) is 4.99 Å². The number of ether oxygens (including phenoxy) is 4. The number of hydrogen-bond acceptors (Lipinski definition) is 5. The van der Waals surface area contributed by atoms with E-state index in [1.54, 1.807) is 28.4 Å². The molecular formula is C21H29ClIN3O4. The van der Waals surface area contributed by atoms with E-state index < -0.39 is 0 Å². The van der Waals surface area contributed by atoms with Gasteiger partial charge in [0, 0.05) is 31.8 Å². The Morgan fingerprint density at radius 1 is 0.967 bits per heavy atom. The Bertz CT molecular complexity index is 849. The Kier molecular flexibility index (Phi) is 11.5. The molecule has 0 spiro atoms. The molecule has 0 saturated carbocycles. The van der Waals surface area contributed by atoms with Crippen molar-refractivity contribution in [2.75, 3.05) is 35.0 Å². The van der Waals surface area contributed by atoms with E-state index >= 15 is 0 Å². The molecule has 0 bridgehead atoms. The van der Waals surface area contributed by atoms with Gasteiger partial charge in [0.05, 0.1) is 33.0 Å². The molecule has 0 aromatic heterocycles. The number of benzene rings is 2. The molecule has 0 aliphatic rings. The van der Waals surface area contributed by atoms with Gasteiger partial charge >= 0.3 is 0 Å². The molecule has 9 heteroatoms. The van der Waals surface area contributed by atoms with Crippen molar-refractivity contribution in [1.29, 1.82) is 0 Å². The molecule has 0 unspecified atom stereocenters. The lowest BCUT2D eigenvalue weighted by molar-refractivity contribution is 0.311. The zero-order valence-electron chi connectivity index (χ0n) is 17.9. The van der Waals surface area contributed by atoms with Crippen LogP contribution in [-0.2, 0) is 13.1 Å². The summed E-state index contributed by atoms with van der Waals surface area (Å²) >= 11 is 6.34. The van der Waals surface area contributed by atoms with Crippen molar-refractivity contribution in [3.8, 4) is 23.0 Å². The smallest absolute Gasteiger partial charge is 0.191 e. The average Bonchev–Trinajstić information content (AvgIpc) is 2.75. The lowest BCUT2D eigenvalue weighted by Crippen LogP contribution is -2.36. The highest BCUT2D eigenvalue weighted by Crippen LogP contribution is 2.36. The molecule has 7 nitrogen and oxygen atoms in total. The molecule has 2 aromatic rings. The number of guanidine groups is 1. The van der Waals surface area contributed by atoms with Crippen LogP contribution in [0, 0.1) is 0 Å². The van der Waals surface area contributed by atoms with Crippen LogP contribution in [0.2, 0.25) is 5.02 Å². The lowest BCUT2D eigenvalue weighted by Gasteiger charge is -2.16. The zero-order valence-corrected chi connectivity index (χ0v) is 21.0. The van der Waals surface area contributed by atoms with Crippen LogP contribution < -0.4 is 29.6 Å². The number of halogens is 2. The van der Waals surface area contributed by atoms with Gasteiger partial charge in [0.2, 0.25) is 0 Å². The lowest BCUT2D eigenvalue weighted by atomic mass is 10.2. The van der Waals surface area contributed by atoms with Crippen LogP contribution in [-0.4, -0.2) is 40.9 Å². The van der Waals surface area contributed by atoms with Crippen molar-refractivity contribution in [3.05, 3.63) is 46.5 Å². The minimum atomic E-state index is 0. The Morgan fingerprint density at radius 2 is 1.67 bits per heavy atom. The number of nitrogens with one attached hydrogen (secondary N) is 2. The number of nitrogens with zero attached hydrogens (tertiary/aromatic N) is 1. The first kappa shape index (κ1) is 26.0. The first-order chi connectivity index (χ1) is 14.1. The fourth-order valence-electron chi connectivity index (χ4n) is 2.74. The summed E-state index contributed by atoms with van der Waals surface area (Å²) in [6.07, 6.45) is 0. The molecule has 0 amide bonds. The zero-order chi connectivity index (χ0) is 21.2. The Labute approximate surface area is 200 Å². The molecule has 0 atom stereocenters. The standard InChI is InChI=1S/C21H28ClN3O4.HI/c1-6-29-20-17(22)9-14(10-19(20)28-5)12-24-21(23-2)25-13-15-7-8-16(26-3)11-18(15)27-4;/h7-11H,6,12-13H2,1-5H3,(H2,23,24,25);1H. The minimum Gasteiger partial charge on any atom is -0.497 e. The Morgan fingerprint density at radius 3 is 2.27 bits per heavy atom. The third-order valence-electron chi connectivity index (χ3n) is 4.20. The van der Waals surface area contributed by atoms with E-state index in [0.717, 1.165) is 22.6 Å². The summed E-state index contributed by atoms with van der Waals surface area (Å²) in [5, 5.41) is 7.04. The van der Waals surface area contributed by atoms with Gasteiger partial charge in [-0.25, -0.2) is 0 Å². The van der Waals surface area contributed by atoms with E-state index in [1.165, 1.54) is 0 Å². The van der Waals surface area contributed by atoms with Crippen LogP contribution in [0.3, 0.4) is 0 Å². The van der Waals surface area contributed by atoms with Crippen LogP contribution in [0.25, 0.3) is 0 Å². The Balaban J connectivity index is 0.00000450. The summed E-state index contributed by atoms with van der Waals surface area (Å²) in [5.74, 6) is 3.29. The molecule has 2 aromatic carbocycles. The molecule has 0 saturated heterocycles. The maximum atomic E-state index is 6.34. The van der Waals surface area contributed by atoms with E-state index in [-0.39, 0.29) is 24.0 Å². The highest BCUT2D eigenvalue weighted by Gasteiger charge is 2.12. The maximum Gasteiger partial charge on any atom is 0.191 e. The van der Waals surface area contributed by atoms with Gasteiger partial charge in [-0.05, 0) is 36.8 Å². The van der Waals surface area contributed by atoms with E-state index in [4.69, 9.17) is 30.5 Å². The molecule has 0 heterocycles. The van der Waals surface area contributed by atoms with Crippen LogP contribution in [0.4, 0.5) is 0 Å². The summed E-state index contributed by atoms with van der Waals surface area (Å²) in [7, 11) is 6.56. The van der Waals surface area contributed by atoms with Gasteiger partial charge in [0.15, 0.2) is 17.5 Å². The van der Waals surface area contributed by atoms with Gasteiger partial charge in [-0.3, -0.25) is 4.99 Å². The van der Waals surface area contributed by atoms with E-state index in [2.05, 4.69) is 15.6 Å². The minimum absolute atomic E-state index is 0. The number of rotatable bonds is 9. The van der Waals surface area contributed by atoms with Gasteiger partial charge in [0.25, 0.3) is 0 Å². The third kappa shape index (κ3) is 7.02. The first-order valence-electron chi connectivity index (χ1n) is 9.20. The van der Waals surface area contributed by atoms with Crippen molar-refractivity contribution in [3.63, 3.8) is 0 Å². The molecule has 0 aliphatic heterocycles. The number of methoxy groups -OCH3 is 3. The van der Waals surface area contributed by atoms with E-state index in [1.807, 2.05) is 37.3 Å². The molecule has 0 aliphatic carbocycles. The van der Waals surface area contributed by atoms with E-state index in [9.17, 15) is 0 Å². The monoisotopic (exact) mass is 549 g/mol. The molecule has 0 radical (unpaired) electrons. The predicted octanol–water partition coefficient (Wildman–Crippen LogP) is 4.25. The summed E-state index contributed by atoms with van der Waals surface area (Å²) < 4.78 is 21.6. The highest BCUT2D eigenvalue weighted by atomic mass is 127. The van der Waals surface area contributed by atoms with E-state index in [0.29, 0.717) is 42.2 Å². The van der Waals surface area contributed by atoms with Gasteiger partial charge in [0.1, 0.15) is 11.5 Å². The molecule has 30 heavy (non-hydrogen) atoms. The van der Waals surface area contributed by atoms with Crippen LogP contribution in [0.1, 0.15) is 18.1 Å². The summed E-state index contributed by atoms with van der Waals surface area (Å²) in [5.41, 5.74) is 1.93. The fraction of sp³-hybridized carbons (Fsp3) is 0.381.